The number of hydrogen-bond donors (Lipinski definition) is 1. The number of nitrogens with one attached hydrogen (secondary N) is 1. The van der Waals surface area contributed by atoms with E-state index in [4.69, 9.17) is 0 Å². The summed E-state index contributed by atoms with van der Waals surface area (Å²) in [6.07, 6.45) is 2.36. The Morgan fingerprint density at radius 1 is 1.46 bits per heavy atom. The van der Waals surface area contributed by atoms with E-state index in [1.807, 2.05) is 11.7 Å². The number of aryl methyl sites for hydroxylation is 1. The molecule has 1 fully saturated rings. The zero-order chi connectivity index (χ0) is 9.26. The highest BCUT2D eigenvalue weighted by molar-refractivity contribution is 9.10. The van der Waals surface area contributed by atoms with Gasteiger partial charge in [-0.3, -0.25) is 4.68 Å². The monoisotopic (exact) mass is 244 g/mol. The molecular formula is C8H13BrN4. The quantitative estimate of drug-likeness (QED) is 0.804. The number of halogens is 1. The molecule has 0 aliphatic carbocycles. The molecule has 2 rings (SSSR count). The molecule has 13 heavy (non-hydrogen) atoms. The van der Waals surface area contributed by atoms with Crippen molar-refractivity contribution in [2.24, 2.45) is 7.05 Å². The molecule has 1 aromatic heterocycles. The molecule has 2 heterocycles. The number of nitrogens with zero attached hydrogens (tertiary/aromatic N) is 3. The summed E-state index contributed by atoms with van der Waals surface area (Å²) >= 11 is 3.44. The van der Waals surface area contributed by atoms with Gasteiger partial charge in [-0.2, -0.15) is 0 Å². The summed E-state index contributed by atoms with van der Waals surface area (Å²) in [7, 11) is 1.95. The lowest BCUT2D eigenvalue weighted by molar-refractivity contribution is 0.438. The molecule has 0 amide bonds. The van der Waals surface area contributed by atoms with E-state index in [-0.39, 0.29) is 0 Å². The molecule has 4 nitrogen and oxygen atoms in total. The third-order valence-electron chi connectivity index (χ3n) is 2.55. The van der Waals surface area contributed by atoms with Gasteiger partial charge in [-0.15, -0.1) is 5.10 Å². The van der Waals surface area contributed by atoms with Crippen LogP contribution in [0.25, 0.3) is 0 Å². The summed E-state index contributed by atoms with van der Waals surface area (Å²) in [5, 5.41) is 11.3. The summed E-state index contributed by atoms with van der Waals surface area (Å²) < 4.78 is 2.78. The maximum Gasteiger partial charge on any atom is 0.151 e. The lowest BCUT2D eigenvalue weighted by atomic mass is 9.95. The van der Waals surface area contributed by atoms with Crippen LogP contribution in [0.1, 0.15) is 24.5 Å². The van der Waals surface area contributed by atoms with Crippen molar-refractivity contribution < 1.29 is 0 Å². The number of rotatable bonds is 1. The first-order valence-electron chi connectivity index (χ1n) is 4.55. The second-order valence-corrected chi connectivity index (χ2v) is 4.16. The van der Waals surface area contributed by atoms with Crippen molar-refractivity contribution >= 4 is 15.9 Å². The van der Waals surface area contributed by atoms with Crippen LogP contribution in [0.5, 0.6) is 0 Å². The Morgan fingerprint density at radius 3 is 2.69 bits per heavy atom. The van der Waals surface area contributed by atoms with E-state index in [1.54, 1.807) is 0 Å². The highest BCUT2D eigenvalue weighted by Crippen LogP contribution is 2.28. The Kier molecular flexibility index (Phi) is 2.64. The smallest absolute Gasteiger partial charge is 0.151 e. The van der Waals surface area contributed by atoms with Crippen LogP contribution in [0.15, 0.2) is 4.60 Å². The Morgan fingerprint density at radius 2 is 2.15 bits per heavy atom. The summed E-state index contributed by atoms with van der Waals surface area (Å²) in [6.45, 7) is 2.20. The largest absolute Gasteiger partial charge is 0.317 e. The van der Waals surface area contributed by atoms with Gasteiger partial charge in [0.1, 0.15) is 0 Å². The molecule has 0 aromatic carbocycles. The van der Waals surface area contributed by atoms with Gasteiger partial charge in [0, 0.05) is 13.0 Å². The van der Waals surface area contributed by atoms with Crippen molar-refractivity contribution in [2.75, 3.05) is 13.1 Å². The van der Waals surface area contributed by atoms with Crippen LogP contribution in [0.4, 0.5) is 0 Å². The van der Waals surface area contributed by atoms with Gasteiger partial charge in [0.2, 0.25) is 0 Å². The van der Waals surface area contributed by atoms with Crippen LogP contribution >= 0.6 is 15.9 Å². The molecule has 1 aliphatic heterocycles. The van der Waals surface area contributed by atoms with Gasteiger partial charge in [0.05, 0.1) is 5.69 Å². The highest BCUT2D eigenvalue weighted by Gasteiger charge is 2.21. The lowest BCUT2D eigenvalue weighted by Crippen LogP contribution is -2.27. The first kappa shape index (κ1) is 9.15. The van der Waals surface area contributed by atoms with E-state index >= 15 is 0 Å². The fourth-order valence-corrected chi connectivity index (χ4v) is 2.52. The Hall–Kier alpha value is -0.420. The van der Waals surface area contributed by atoms with Crippen LogP contribution in [-0.2, 0) is 7.05 Å². The molecule has 1 saturated heterocycles. The van der Waals surface area contributed by atoms with Gasteiger partial charge < -0.3 is 5.32 Å². The minimum absolute atomic E-state index is 0.607. The molecule has 72 valence electrons. The zero-order valence-electron chi connectivity index (χ0n) is 7.63. The van der Waals surface area contributed by atoms with E-state index in [2.05, 4.69) is 31.6 Å². The Bertz CT molecular complexity index is 271. The van der Waals surface area contributed by atoms with Crippen molar-refractivity contribution in [2.45, 2.75) is 18.8 Å². The van der Waals surface area contributed by atoms with Crippen molar-refractivity contribution in [3.8, 4) is 0 Å². The molecule has 0 saturated carbocycles. The van der Waals surface area contributed by atoms with E-state index in [9.17, 15) is 0 Å². The summed E-state index contributed by atoms with van der Waals surface area (Å²) in [6, 6.07) is 0. The predicted molar refractivity (Wildman–Crippen MR) is 53.5 cm³/mol. The Balaban J connectivity index is 2.22. The van der Waals surface area contributed by atoms with Gasteiger partial charge in [-0.25, -0.2) is 0 Å². The average molecular weight is 245 g/mol. The van der Waals surface area contributed by atoms with Crippen LogP contribution < -0.4 is 5.32 Å². The number of aromatic nitrogens is 3. The summed E-state index contributed by atoms with van der Waals surface area (Å²) in [4.78, 5) is 0. The molecule has 5 heteroatoms. The van der Waals surface area contributed by atoms with Gasteiger partial charge in [-0.05, 0) is 41.9 Å². The molecule has 1 N–H and O–H groups in total. The van der Waals surface area contributed by atoms with E-state index < -0.39 is 0 Å². The third kappa shape index (κ3) is 1.76. The zero-order valence-corrected chi connectivity index (χ0v) is 9.21. The van der Waals surface area contributed by atoms with Crippen LogP contribution in [-0.4, -0.2) is 28.1 Å². The van der Waals surface area contributed by atoms with Gasteiger partial charge in [0.15, 0.2) is 4.60 Å². The van der Waals surface area contributed by atoms with Gasteiger partial charge in [0.25, 0.3) is 0 Å². The topological polar surface area (TPSA) is 42.7 Å². The maximum atomic E-state index is 4.00. The minimum Gasteiger partial charge on any atom is -0.317 e. The molecule has 1 aromatic rings. The summed E-state index contributed by atoms with van der Waals surface area (Å²) in [5.41, 5.74) is 1.24. The molecule has 0 atom stereocenters. The van der Waals surface area contributed by atoms with E-state index in [0.29, 0.717) is 5.92 Å². The first-order valence-corrected chi connectivity index (χ1v) is 5.34. The van der Waals surface area contributed by atoms with Crippen molar-refractivity contribution in [3.05, 3.63) is 10.3 Å². The molecular weight excluding hydrogens is 232 g/mol. The fraction of sp³-hybridized carbons (Fsp3) is 0.750. The van der Waals surface area contributed by atoms with E-state index in [1.165, 1.54) is 18.5 Å². The van der Waals surface area contributed by atoms with Crippen molar-refractivity contribution in [1.82, 2.24) is 20.3 Å². The SMILES string of the molecule is Cn1nnc(Br)c1C1CCNCC1. The lowest BCUT2D eigenvalue weighted by Gasteiger charge is -2.22. The summed E-state index contributed by atoms with van der Waals surface area (Å²) in [5.74, 6) is 0.607. The molecule has 0 bridgehead atoms. The van der Waals surface area contributed by atoms with Gasteiger partial charge in [-0.1, -0.05) is 5.21 Å². The van der Waals surface area contributed by atoms with E-state index in [0.717, 1.165) is 17.7 Å². The number of piperidine rings is 1. The second kappa shape index (κ2) is 3.75. The Labute approximate surface area is 85.8 Å². The van der Waals surface area contributed by atoms with Gasteiger partial charge >= 0.3 is 0 Å². The normalized spacial score (nSPS) is 19.2. The van der Waals surface area contributed by atoms with Crippen molar-refractivity contribution in [1.29, 1.82) is 0 Å². The van der Waals surface area contributed by atoms with Crippen molar-refractivity contribution in [3.63, 3.8) is 0 Å². The highest BCUT2D eigenvalue weighted by atomic mass is 79.9. The minimum atomic E-state index is 0.607. The third-order valence-corrected chi connectivity index (χ3v) is 3.12. The first-order chi connectivity index (χ1) is 6.29. The predicted octanol–water partition coefficient (Wildman–Crippen LogP) is 1.04. The van der Waals surface area contributed by atoms with Crippen LogP contribution in [0.2, 0.25) is 0 Å². The molecule has 0 unspecified atom stereocenters. The van der Waals surface area contributed by atoms with Crippen LogP contribution in [0, 0.1) is 0 Å². The molecule has 1 aliphatic rings. The fourth-order valence-electron chi connectivity index (χ4n) is 1.87. The maximum absolute atomic E-state index is 4.00. The standard InChI is InChI=1S/C8H13BrN4/c1-13-7(8(9)11-12-13)6-2-4-10-5-3-6/h6,10H,2-5H2,1H3. The average Bonchev–Trinajstić information content (AvgIpc) is 2.48. The van der Waals surface area contributed by atoms with Crippen LogP contribution in [0.3, 0.4) is 0 Å². The molecule has 0 radical (unpaired) electrons. The number of hydrogen-bond acceptors (Lipinski definition) is 3. The second-order valence-electron chi connectivity index (χ2n) is 3.41. The molecule has 0 spiro atoms.